The van der Waals surface area contributed by atoms with E-state index in [1.165, 1.54) is 7.11 Å². The Hall–Kier alpha value is -3.75. The number of nitriles is 1. The Morgan fingerprint density at radius 1 is 1.35 bits per heavy atom. The number of benzene rings is 1. The smallest absolute Gasteiger partial charge is 0.328 e. The van der Waals surface area contributed by atoms with Gasteiger partial charge in [0.2, 0.25) is 5.95 Å². The third-order valence-electron chi connectivity index (χ3n) is 6.45. The number of rotatable bonds is 7. The van der Waals surface area contributed by atoms with E-state index in [0.29, 0.717) is 40.4 Å². The molecule has 1 amide bonds. The number of carbonyl (C=O) groups is 2. The maximum Gasteiger partial charge on any atom is 0.328 e. The van der Waals surface area contributed by atoms with E-state index in [9.17, 15) is 19.6 Å². The van der Waals surface area contributed by atoms with Crippen LogP contribution in [0.25, 0.3) is 10.2 Å². The molecule has 1 saturated heterocycles. The lowest BCUT2D eigenvalue weighted by atomic mass is 10.0. The van der Waals surface area contributed by atoms with Crippen LogP contribution in [0.15, 0.2) is 35.1 Å². The average Bonchev–Trinajstić information content (AvgIpc) is 3.33. The fourth-order valence-corrected chi connectivity index (χ4v) is 5.41. The first kappa shape index (κ1) is 26.3. The monoisotopic (exact) mass is 522 g/mol. The molecule has 1 aliphatic rings. The zero-order valence-electron chi connectivity index (χ0n) is 21.1. The van der Waals surface area contributed by atoms with Gasteiger partial charge < -0.3 is 20.7 Å². The Kier molecular flexibility index (Phi) is 7.90. The second-order valence-electron chi connectivity index (χ2n) is 9.46. The number of anilines is 1. The van der Waals surface area contributed by atoms with Crippen molar-refractivity contribution in [1.29, 1.82) is 5.26 Å². The predicted octanol–water partition coefficient (Wildman–Crippen LogP) is 2.23. The zero-order valence-corrected chi connectivity index (χ0v) is 21.9. The summed E-state index contributed by atoms with van der Waals surface area (Å²) in [6, 6.07) is 10.0. The van der Waals surface area contributed by atoms with Crippen molar-refractivity contribution < 1.29 is 14.3 Å². The van der Waals surface area contributed by atoms with Crippen LogP contribution in [0.4, 0.5) is 5.95 Å². The Morgan fingerprint density at radius 2 is 2.11 bits per heavy atom. The number of hydrogen-bond donors (Lipinski definition) is 2. The molecule has 0 radical (unpaired) electrons. The summed E-state index contributed by atoms with van der Waals surface area (Å²) in [5, 5.41) is 12.3. The van der Waals surface area contributed by atoms with Crippen molar-refractivity contribution in [2.24, 2.45) is 11.7 Å². The van der Waals surface area contributed by atoms with E-state index in [4.69, 9.17) is 15.5 Å². The van der Waals surface area contributed by atoms with Crippen LogP contribution in [-0.4, -0.2) is 53.7 Å². The van der Waals surface area contributed by atoms with Gasteiger partial charge in [-0.25, -0.2) is 9.78 Å². The molecule has 1 fully saturated rings. The summed E-state index contributed by atoms with van der Waals surface area (Å²) < 4.78 is 6.70. The first-order chi connectivity index (χ1) is 17.7. The normalized spacial score (nSPS) is 16.4. The lowest BCUT2D eigenvalue weighted by molar-refractivity contribution is -0.144. The van der Waals surface area contributed by atoms with Gasteiger partial charge in [-0.05, 0) is 36.5 Å². The lowest BCUT2D eigenvalue weighted by Crippen LogP contribution is -2.45. The molecule has 3 heterocycles. The number of amides is 1. The van der Waals surface area contributed by atoms with Crippen molar-refractivity contribution in [3.63, 3.8) is 0 Å². The fourth-order valence-electron chi connectivity index (χ4n) is 4.46. The summed E-state index contributed by atoms with van der Waals surface area (Å²) >= 11 is 1.03. The van der Waals surface area contributed by atoms with Crippen LogP contribution < -0.4 is 21.5 Å². The minimum atomic E-state index is -0.819. The second kappa shape index (κ2) is 11.1. The molecule has 2 atom stereocenters. The van der Waals surface area contributed by atoms with Gasteiger partial charge in [0.15, 0.2) is 0 Å². The van der Waals surface area contributed by atoms with Crippen LogP contribution in [0, 0.1) is 17.2 Å². The largest absolute Gasteiger partial charge is 0.467 e. The molecule has 0 bridgehead atoms. The highest BCUT2D eigenvalue weighted by Gasteiger charge is 2.28. The van der Waals surface area contributed by atoms with Crippen LogP contribution in [0.5, 0.6) is 0 Å². The SMILES string of the molecule is COC(=O)[C@@H](NC(=O)c1cc2nc(N3CCC[C@@H](N)C3)n(Cc3ccccc3C#N)c(=O)c2s1)C(C)C. The standard InChI is InChI=1S/C26H30N6O4S/c1-15(2)21(25(35)36-3)30-23(33)20-11-19-22(37-20)24(34)32(13-17-8-5-4-7-16(17)12-27)26(29-19)31-10-6-9-18(28)14-31/h4-5,7-8,11,15,18,21H,6,9-10,13-14,28H2,1-3H3,(H,30,33)/t18-,21+/m1/s1. The molecule has 194 valence electrons. The number of hydrogen-bond acceptors (Lipinski definition) is 9. The van der Waals surface area contributed by atoms with E-state index in [1.807, 2.05) is 30.9 Å². The first-order valence-electron chi connectivity index (χ1n) is 12.1. The number of methoxy groups -OCH3 is 1. The van der Waals surface area contributed by atoms with Crippen molar-refractivity contribution >= 4 is 39.4 Å². The summed E-state index contributed by atoms with van der Waals surface area (Å²) in [5.41, 5.74) is 7.50. The Balaban J connectivity index is 1.79. The van der Waals surface area contributed by atoms with Crippen molar-refractivity contribution in [1.82, 2.24) is 14.9 Å². The number of esters is 1. The van der Waals surface area contributed by atoms with Gasteiger partial charge in [-0.1, -0.05) is 32.0 Å². The van der Waals surface area contributed by atoms with Crippen molar-refractivity contribution in [2.75, 3.05) is 25.1 Å². The molecule has 10 nitrogen and oxygen atoms in total. The van der Waals surface area contributed by atoms with E-state index < -0.39 is 17.9 Å². The van der Waals surface area contributed by atoms with Gasteiger partial charge in [0.1, 0.15) is 10.7 Å². The highest BCUT2D eigenvalue weighted by atomic mass is 32.1. The van der Waals surface area contributed by atoms with Gasteiger partial charge in [0, 0.05) is 19.1 Å². The minimum Gasteiger partial charge on any atom is -0.467 e. The summed E-state index contributed by atoms with van der Waals surface area (Å²) in [7, 11) is 1.27. The molecule has 1 aromatic carbocycles. The maximum atomic E-state index is 13.8. The molecular formula is C26H30N6O4S. The van der Waals surface area contributed by atoms with Crippen molar-refractivity contribution in [2.45, 2.75) is 45.3 Å². The molecule has 0 saturated carbocycles. The molecule has 0 aliphatic carbocycles. The first-order valence-corrected chi connectivity index (χ1v) is 13.0. The van der Waals surface area contributed by atoms with Gasteiger partial charge >= 0.3 is 5.97 Å². The number of nitrogens with zero attached hydrogens (tertiary/aromatic N) is 4. The van der Waals surface area contributed by atoms with Crippen molar-refractivity contribution in [3.05, 3.63) is 56.7 Å². The molecule has 3 aromatic rings. The van der Waals surface area contributed by atoms with Crippen LogP contribution in [0.3, 0.4) is 0 Å². The van der Waals surface area contributed by atoms with E-state index in [-0.39, 0.29) is 28.9 Å². The number of nitrogens with one attached hydrogen (secondary N) is 1. The Labute approximate surface area is 218 Å². The van der Waals surface area contributed by atoms with Crippen molar-refractivity contribution in [3.8, 4) is 6.07 Å². The van der Waals surface area contributed by atoms with Crippen LogP contribution in [0.1, 0.15) is 47.5 Å². The molecule has 1 aliphatic heterocycles. The zero-order chi connectivity index (χ0) is 26.7. The number of piperidine rings is 1. The van der Waals surface area contributed by atoms with Crippen LogP contribution >= 0.6 is 11.3 Å². The molecule has 11 heteroatoms. The predicted molar refractivity (Wildman–Crippen MR) is 142 cm³/mol. The van der Waals surface area contributed by atoms with Crippen LogP contribution in [-0.2, 0) is 16.1 Å². The van der Waals surface area contributed by atoms with Gasteiger partial charge in [0.05, 0.1) is 35.7 Å². The Morgan fingerprint density at radius 3 is 2.78 bits per heavy atom. The number of aromatic nitrogens is 2. The number of ether oxygens (including phenoxy) is 1. The fraction of sp³-hybridized carbons (Fsp3) is 0.423. The highest BCUT2D eigenvalue weighted by molar-refractivity contribution is 7.20. The maximum absolute atomic E-state index is 13.8. The quantitative estimate of drug-likeness (QED) is 0.450. The molecule has 37 heavy (non-hydrogen) atoms. The summed E-state index contributed by atoms with van der Waals surface area (Å²) in [4.78, 5) is 46.0. The van der Waals surface area contributed by atoms with E-state index in [2.05, 4.69) is 11.4 Å². The van der Waals surface area contributed by atoms with Gasteiger partial charge in [0.25, 0.3) is 11.5 Å². The highest BCUT2D eigenvalue weighted by Crippen LogP contribution is 2.26. The third-order valence-corrected chi connectivity index (χ3v) is 7.56. The molecule has 3 N–H and O–H groups in total. The summed E-state index contributed by atoms with van der Waals surface area (Å²) in [6.45, 7) is 5.01. The topological polar surface area (TPSA) is 143 Å². The minimum absolute atomic E-state index is 0.0451. The molecular weight excluding hydrogens is 492 g/mol. The Bertz CT molecular complexity index is 1420. The average molecular weight is 523 g/mol. The molecule has 0 spiro atoms. The van der Waals surface area contributed by atoms with Gasteiger partial charge in [-0.15, -0.1) is 11.3 Å². The third kappa shape index (κ3) is 5.50. The second-order valence-corrected chi connectivity index (χ2v) is 10.5. The van der Waals surface area contributed by atoms with Gasteiger partial charge in [-0.2, -0.15) is 5.26 Å². The molecule has 2 aromatic heterocycles. The number of fused-ring (bicyclic) bond motifs is 1. The van der Waals surface area contributed by atoms with Crippen LogP contribution in [0.2, 0.25) is 0 Å². The van der Waals surface area contributed by atoms with E-state index in [1.54, 1.807) is 22.8 Å². The number of thiophene rings is 1. The lowest BCUT2D eigenvalue weighted by Gasteiger charge is -2.33. The molecule has 4 rings (SSSR count). The van der Waals surface area contributed by atoms with E-state index in [0.717, 1.165) is 24.2 Å². The van der Waals surface area contributed by atoms with E-state index >= 15 is 0 Å². The van der Waals surface area contributed by atoms with Gasteiger partial charge in [-0.3, -0.25) is 14.2 Å². The molecule has 0 unspecified atom stereocenters. The number of nitrogens with two attached hydrogens (primary N) is 1. The summed E-state index contributed by atoms with van der Waals surface area (Å²) in [5.74, 6) is -0.741. The summed E-state index contributed by atoms with van der Waals surface area (Å²) in [6.07, 6.45) is 1.76. The number of carbonyl (C=O) groups excluding carboxylic acids is 2.